The summed E-state index contributed by atoms with van der Waals surface area (Å²) in [5.41, 5.74) is 1.73. The van der Waals surface area contributed by atoms with E-state index in [1.54, 1.807) is 0 Å². The highest BCUT2D eigenvalue weighted by atomic mass is 35.5. The standard InChI is InChI=1S/C13H20ClNO2S/c1-4-15(11(2)3)18(16,17)10-13-7-5-6-12(8-13)9-14/h5-8,11H,4,9-10H2,1-3H3. The third-order valence-electron chi connectivity index (χ3n) is 2.74. The second kappa shape index (κ2) is 6.55. The van der Waals surface area contributed by atoms with Gasteiger partial charge >= 0.3 is 0 Å². The molecule has 102 valence electrons. The molecule has 1 rings (SSSR count). The quantitative estimate of drug-likeness (QED) is 0.755. The van der Waals surface area contributed by atoms with Crippen molar-refractivity contribution in [1.29, 1.82) is 0 Å². The Bertz CT molecular complexity index is 486. The monoisotopic (exact) mass is 289 g/mol. The van der Waals surface area contributed by atoms with Gasteiger partial charge in [0, 0.05) is 18.5 Å². The zero-order chi connectivity index (χ0) is 13.8. The highest BCUT2D eigenvalue weighted by Crippen LogP contribution is 2.15. The van der Waals surface area contributed by atoms with Gasteiger partial charge in [0.2, 0.25) is 10.0 Å². The summed E-state index contributed by atoms with van der Waals surface area (Å²) in [4.78, 5) is 0. The van der Waals surface area contributed by atoms with Gasteiger partial charge in [-0.05, 0) is 25.0 Å². The van der Waals surface area contributed by atoms with Crippen LogP contribution in [-0.4, -0.2) is 25.3 Å². The van der Waals surface area contributed by atoms with Gasteiger partial charge in [-0.25, -0.2) is 8.42 Å². The first-order chi connectivity index (χ1) is 8.40. The fourth-order valence-corrected chi connectivity index (χ4v) is 3.95. The van der Waals surface area contributed by atoms with Crippen LogP contribution < -0.4 is 0 Å². The first-order valence-electron chi connectivity index (χ1n) is 6.04. The average molecular weight is 290 g/mol. The lowest BCUT2D eigenvalue weighted by molar-refractivity contribution is 0.368. The highest BCUT2D eigenvalue weighted by Gasteiger charge is 2.23. The molecule has 0 saturated carbocycles. The number of halogens is 1. The molecule has 0 aliphatic carbocycles. The smallest absolute Gasteiger partial charge is 0.212 e. The molecule has 0 fully saturated rings. The van der Waals surface area contributed by atoms with E-state index in [0.717, 1.165) is 11.1 Å². The molecule has 0 N–H and O–H groups in total. The first kappa shape index (κ1) is 15.5. The summed E-state index contributed by atoms with van der Waals surface area (Å²) < 4.78 is 26.0. The molecule has 0 bridgehead atoms. The molecule has 18 heavy (non-hydrogen) atoms. The largest absolute Gasteiger partial charge is 0.218 e. The van der Waals surface area contributed by atoms with Crippen LogP contribution in [0.4, 0.5) is 0 Å². The predicted molar refractivity (Wildman–Crippen MR) is 76.1 cm³/mol. The van der Waals surface area contributed by atoms with Gasteiger partial charge in [-0.3, -0.25) is 0 Å². The van der Waals surface area contributed by atoms with Crippen LogP contribution in [-0.2, 0) is 21.7 Å². The minimum absolute atomic E-state index is 0.0174. The first-order valence-corrected chi connectivity index (χ1v) is 8.18. The number of rotatable bonds is 6. The molecular formula is C13H20ClNO2S. The third kappa shape index (κ3) is 3.97. The van der Waals surface area contributed by atoms with E-state index in [9.17, 15) is 8.42 Å². The van der Waals surface area contributed by atoms with Gasteiger partial charge in [-0.1, -0.05) is 31.2 Å². The van der Waals surface area contributed by atoms with E-state index in [0.29, 0.717) is 12.4 Å². The maximum atomic E-state index is 12.3. The summed E-state index contributed by atoms with van der Waals surface area (Å²) in [5.74, 6) is 0.430. The van der Waals surface area contributed by atoms with Crippen molar-refractivity contribution in [2.45, 2.75) is 38.4 Å². The van der Waals surface area contributed by atoms with Crippen molar-refractivity contribution in [1.82, 2.24) is 4.31 Å². The summed E-state index contributed by atoms with van der Waals surface area (Å²) in [7, 11) is -3.26. The molecule has 0 aliphatic rings. The van der Waals surface area contributed by atoms with Gasteiger partial charge < -0.3 is 0 Å². The minimum Gasteiger partial charge on any atom is -0.212 e. The van der Waals surface area contributed by atoms with Crippen molar-refractivity contribution in [2.75, 3.05) is 6.54 Å². The van der Waals surface area contributed by atoms with E-state index in [2.05, 4.69) is 0 Å². The number of nitrogens with zero attached hydrogens (tertiary/aromatic N) is 1. The zero-order valence-electron chi connectivity index (χ0n) is 11.1. The van der Waals surface area contributed by atoms with Crippen LogP contribution in [0.3, 0.4) is 0 Å². The maximum absolute atomic E-state index is 12.3. The van der Waals surface area contributed by atoms with Crippen LogP contribution in [0.15, 0.2) is 24.3 Å². The predicted octanol–water partition coefficient (Wildman–Crippen LogP) is 2.99. The second-order valence-electron chi connectivity index (χ2n) is 4.51. The normalized spacial score (nSPS) is 12.3. The van der Waals surface area contributed by atoms with Gasteiger partial charge in [0.15, 0.2) is 0 Å². The Morgan fingerprint density at radius 3 is 2.39 bits per heavy atom. The molecule has 0 saturated heterocycles. The van der Waals surface area contributed by atoms with E-state index in [1.165, 1.54) is 4.31 Å². The number of sulfonamides is 1. The second-order valence-corrected chi connectivity index (χ2v) is 6.70. The third-order valence-corrected chi connectivity index (χ3v) is 5.14. The van der Waals surface area contributed by atoms with Crippen molar-refractivity contribution in [2.24, 2.45) is 0 Å². The summed E-state index contributed by atoms with van der Waals surface area (Å²) in [6, 6.07) is 7.38. The molecule has 1 aromatic carbocycles. The minimum atomic E-state index is -3.26. The topological polar surface area (TPSA) is 37.4 Å². The molecule has 3 nitrogen and oxygen atoms in total. The lowest BCUT2D eigenvalue weighted by atomic mass is 10.2. The molecule has 0 atom stereocenters. The molecule has 0 unspecified atom stereocenters. The van der Waals surface area contributed by atoms with E-state index in [-0.39, 0.29) is 11.8 Å². The van der Waals surface area contributed by atoms with Gasteiger partial charge in [0.1, 0.15) is 0 Å². The Balaban J connectivity index is 2.94. The van der Waals surface area contributed by atoms with Crippen molar-refractivity contribution in [3.05, 3.63) is 35.4 Å². The van der Waals surface area contributed by atoms with E-state index < -0.39 is 10.0 Å². The van der Waals surface area contributed by atoms with Crippen LogP contribution in [0.1, 0.15) is 31.9 Å². The van der Waals surface area contributed by atoms with E-state index in [1.807, 2.05) is 45.0 Å². The van der Waals surface area contributed by atoms with Crippen molar-refractivity contribution >= 4 is 21.6 Å². The van der Waals surface area contributed by atoms with Crippen molar-refractivity contribution in [3.63, 3.8) is 0 Å². The molecule has 0 aliphatic heterocycles. The summed E-state index contributed by atoms with van der Waals surface area (Å²) in [6.45, 7) is 6.12. The van der Waals surface area contributed by atoms with Gasteiger partial charge in [-0.2, -0.15) is 4.31 Å². The number of alkyl halides is 1. The number of hydrogen-bond acceptors (Lipinski definition) is 2. The molecule has 0 radical (unpaired) electrons. The summed E-state index contributed by atoms with van der Waals surface area (Å²) in [5, 5.41) is 0. The van der Waals surface area contributed by atoms with Crippen LogP contribution >= 0.6 is 11.6 Å². The Hall–Kier alpha value is -0.580. The molecule has 0 heterocycles. The SMILES string of the molecule is CCN(C(C)C)S(=O)(=O)Cc1cccc(CCl)c1. The average Bonchev–Trinajstić information content (AvgIpc) is 2.28. The van der Waals surface area contributed by atoms with Crippen molar-refractivity contribution in [3.8, 4) is 0 Å². The summed E-state index contributed by atoms with van der Waals surface area (Å²) in [6.07, 6.45) is 0. The highest BCUT2D eigenvalue weighted by molar-refractivity contribution is 7.88. The van der Waals surface area contributed by atoms with Gasteiger partial charge in [0.25, 0.3) is 0 Å². The fraction of sp³-hybridized carbons (Fsp3) is 0.538. The molecule has 0 aromatic heterocycles. The lowest BCUT2D eigenvalue weighted by Gasteiger charge is -2.24. The van der Waals surface area contributed by atoms with Crippen LogP contribution in [0.2, 0.25) is 0 Å². The van der Waals surface area contributed by atoms with Gasteiger partial charge in [0.05, 0.1) is 5.75 Å². The van der Waals surface area contributed by atoms with Crippen molar-refractivity contribution < 1.29 is 8.42 Å². The molecule has 1 aromatic rings. The molecular weight excluding hydrogens is 270 g/mol. The van der Waals surface area contributed by atoms with Crippen LogP contribution in [0.25, 0.3) is 0 Å². The lowest BCUT2D eigenvalue weighted by Crippen LogP contribution is -2.37. The van der Waals surface area contributed by atoms with E-state index in [4.69, 9.17) is 11.6 Å². The number of hydrogen-bond donors (Lipinski definition) is 0. The molecule has 0 spiro atoms. The molecule has 0 amide bonds. The Labute approximate surface area is 115 Å². The van der Waals surface area contributed by atoms with E-state index >= 15 is 0 Å². The fourth-order valence-electron chi connectivity index (χ4n) is 1.98. The van der Waals surface area contributed by atoms with Gasteiger partial charge in [-0.15, -0.1) is 11.6 Å². The number of benzene rings is 1. The Morgan fingerprint density at radius 2 is 1.89 bits per heavy atom. The van der Waals surface area contributed by atoms with Crippen LogP contribution in [0, 0.1) is 0 Å². The Morgan fingerprint density at radius 1 is 1.28 bits per heavy atom. The Kier molecular flexibility index (Phi) is 5.63. The van der Waals surface area contributed by atoms with Crippen LogP contribution in [0.5, 0.6) is 0 Å². The maximum Gasteiger partial charge on any atom is 0.218 e. The summed E-state index contributed by atoms with van der Waals surface area (Å²) >= 11 is 5.75. The molecule has 5 heteroatoms. The zero-order valence-corrected chi connectivity index (χ0v) is 12.6.